The third-order valence-corrected chi connectivity index (χ3v) is 3.95. The van der Waals surface area contributed by atoms with Gasteiger partial charge >= 0.3 is 0 Å². The second kappa shape index (κ2) is 5.54. The molecule has 0 bridgehead atoms. The Morgan fingerprint density at radius 3 is 2.81 bits per heavy atom. The Morgan fingerprint density at radius 2 is 2.14 bits per heavy atom. The van der Waals surface area contributed by atoms with Crippen LogP contribution in [-0.2, 0) is 9.47 Å². The van der Waals surface area contributed by atoms with Crippen LogP contribution in [0.2, 0.25) is 0 Å². The molecule has 2 aliphatic heterocycles. The maximum atomic E-state index is 12.6. The van der Waals surface area contributed by atoms with Crippen molar-refractivity contribution >= 4 is 5.91 Å². The number of ether oxygens (including phenoxy) is 3. The van der Waals surface area contributed by atoms with Crippen molar-refractivity contribution in [2.24, 2.45) is 0 Å². The molecule has 1 aromatic carbocycles. The lowest BCUT2D eigenvalue weighted by Crippen LogP contribution is -2.51. The quantitative estimate of drug-likeness (QED) is 0.892. The molecule has 6 nitrogen and oxygen atoms in total. The molecule has 2 aliphatic rings. The normalized spacial score (nSPS) is 20.7. The van der Waals surface area contributed by atoms with E-state index in [0.717, 1.165) is 12.8 Å². The lowest BCUT2D eigenvalue weighted by atomic mass is 10.0. The summed E-state index contributed by atoms with van der Waals surface area (Å²) in [6.45, 7) is 2.17. The number of nitrogens with zero attached hydrogens (tertiary/aromatic N) is 1. The predicted octanol–water partition coefficient (Wildman–Crippen LogP) is 1.38. The first-order valence-corrected chi connectivity index (χ1v) is 7.08. The van der Waals surface area contributed by atoms with Gasteiger partial charge in [0.15, 0.2) is 5.79 Å². The summed E-state index contributed by atoms with van der Waals surface area (Å²) in [5.41, 5.74) is 0.269. The molecule has 21 heavy (non-hydrogen) atoms. The van der Waals surface area contributed by atoms with Crippen molar-refractivity contribution in [1.29, 1.82) is 0 Å². The third-order valence-electron chi connectivity index (χ3n) is 3.95. The highest BCUT2D eigenvalue weighted by atomic mass is 16.7. The summed E-state index contributed by atoms with van der Waals surface area (Å²) < 4.78 is 16.4. The van der Waals surface area contributed by atoms with Crippen LogP contribution < -0.4 is 4.74 Å². The van der Waals surface area contributed by atoms with E-state index in [9.17, 15) is 9.90 Å². The van der Waals surface area contributed by atoms with Crippen molar-refractivity contribution in [2.75, 3.05) is 33.4 Å². The van der Waals surface area contributed by atoms with Gasteiger partial charge in [-0.05, 0) is 18.6 Å². The zero-order valence-electron chi connectivity index (χ0n) is 12.0. The minimum Gasteiger partial charge on any atom is -0.507 e. The van der Waals surface area contributed by atoms with Gasteiger partial charge in [0.1, 0.15) is 11.5 Å². The average molecular weight is 293 g/mol. The van der Waals surface area contributed by atoms with Gasteiger partial charge in [-0.25, -0.2) is 0 Å². The summed E-state index contributed by atoms with van der Waals surface area (Å²) in [5, 5.41) is 9.99. The van der Waals surface area contributed by atoms with Gasteiger partial charge in [0.25, 0.3) is 5.91 Å². The number of piperidine rings is 1. The highest BCUT2D eigenvalue weighted by molar-refractivity contribution is 5.97. The molecule has 0 unspecified atom stereocenters. The summed E-state index contributed by atoms with van der Waals surface area (Å²) in [7, 11) is 1.51. The monoisotopic (exact) mass is 293 g/mol. The van der Waals surface area contributed by atoms with Crippen LogP contribution in [0.3, 0.4) is 0 Å². The van der Waals surface area contributed by atoms with Gasteiger partial charge in [0.05, 0.1) is 32.4 Å². The van der Waals surface area contributed by atoms with E-state index >= 15 is 0 Å². The number of phenols is 1. The van der Waals surface area contributed by atoms with Gasteiger partial charge in [-0.3, -0.25) is 4.79 Å². The van der Waals surface area contributed by atoms with Gasteiger partial charge in [0.2, 0.25) is 0 Å². The first-order valence-electron chi connectivity index (χ1n) is 7.08. The highest BCUT2D eigenvalue weighted by Gasteiger charge is 2.42. The maximum Gasteiger partial charge on any atom is 0.257 e. The Kier molecular flexibility index (Phi) is 3.73. The Bertz CT molecular complexity index is 539. The molecule has 0 saturated carbocycles. The van der Waals surface area contributed by atoms with Crippen molar-refractivity contribution in [1.82, 2.24) is 4.90 Å². The molecule has 1 spiro atoms. The van der Waals surface area contributed by atoms with E-state index < -0.39 is 5.79 Å². The van der Waals surface area contributed by atoms with E-state index in [1.807, 2.05) is 0 Å². The number of rotatable bonds is 2. The SMILES string of the molecule is COc1ccc(C(=O)N2CCCC3(C2)OCCO3)c(O)c1. The lowest BCUT2D eigenvalue weighted by molar-refractivity contribution is -0.183. The standard InChI is InChI=1S/C15H19NO5/c1-19-11-3-4-12(13(17)9-11)14(18)16-6-2-5-15(10-16)20-7-8-21-15/h3-4,9,17H,2,5-8,10H2,1H3. The van der Waals surface area contributed by atoms with Crippen molar-refractivity contribution in [3.8, 4) is 11.5 Å². The number of aromatic hydroxyl groups is 1. The predicted molar refractivity (Wildman–Crippen MR) is 74.4 cm³/mol. The zero-order chi connectivity index (χ0) is 14.9. The number of hydrogen-bond donors (Lipinski definition) is 1. The summed E-state index contributed by atoms with van der Waals surface area (Å²) in [5.74, 6) is -0.433. The first-order chi connectivity index (χ1) is 10.1. The molecule has 0 aromatic heterocycles. The number of methoxy groups -OCH3 is 1. The summed E-state index contributed by atoms with van der Waals surface area (Å²) in [4.78, 5) is 14.3. The minimum atomic E-state index is -0.657. The van der Waals surface area contributed by atoms with Gasteiger partial charge in [-0.15, -0.1) is 0 Å². The molecule has 0 aliphatic carbocycles. The fourth-order valence-corrected chi connectivity index (χ4v) is 2.88. The van der Waals surface area contributed by atoms with Crippen molar-refractivity contribution < 1.29 is 24.1 Å². The van der Waals surface area contributed by atoms with Crippen LogP contribution in [0.4, 0.5) is 0 Å². The van der Waals surface area contributed by atoms with Crippen LogP contribution in [0.1, 0.15) is 23.2 Å². The molecule has 2 heterocycles. The summed E-state index contributed by atoms with van der Waals surface area (Å²) in [6.07, 6.45) is 1.62. The van der Waals surface area contributed by atoms with Crippen LogP contribution in [0.25, 0.3) is 0 Å². The smallest absolute Gasteiger partial charge is 0.257 e. The van der Waals surface area contributed by atoms with Crippen LogP contribution in [0.5, 0.6) is 11.5 Å². The molecule has 0 atom stereocenters. The number of carbonyl (C=O) groups excluding carboxylic acids is 1. The maximum absolute atomic E-state index is 12.6. The molecule has 0 radical (unpaired) electrons. The Morgan fingerprint density at radius 1 is 1.38 bits per heavy atom. The van der Waals surface area contributed by atoms with Gasteiger partial charge in [0, 0.05) is 19.0 Å². The number of phenolic OH excluding ortho intramolecular Hbond substituents is 1. The average Bonchev–Trinajstić information content (AvgIpc) is 2.94. The number of amides is 1. The van der Waals surface area contributed by atoms with Crippen molar-refractivity contribution in [3.63, 3.8) is 0 Å². The molecule has 2 fully saturated rings. The van der Waals surface area contributed by atoms with Crippen LogP contribution >= 0.6 is 0 Å². The Labute approximate surface area is 123 Å². The second-order valence-electron chi connectivity index (χ2n) is 5.32. The second-order valence-corrected chi connectivity index (χ2v) is 5.32. The Hall–Kier alpha value is -1.79. The molecule has 1 N–H and O–H groups in total. The van der Waals surface area contributed by atoms with Gasteiger partial charge in [-0.2, -0.15) is 0 Å². The lowest BCUT2D eigenvalue weighted by Gasteiger charge is -2.38. The third kappa shape index (κ3) is 2.69. The number of carbonyl (C=O) groups is 1. The van der Waals surface area contributed by atoms with E-state index in [-0.39, 0.29) is 17.2 Å². The van der Waals surface area contributed by atoms with E-state index in [4.69, 9.17) is 14.2 Å². The number of likely N-dealkylation sites (tertiary alicyclic amines) is 1. The highest BCUT2D eigenvalue weighted by Crippen LogP contribution is 2.32. The molecule has 1 aromatic rings. The zero-order valence-corrected chi connectivity index (χ0v) is 12.0. The van der Waals surface area contributed by atoms with Crippen molar-refractivity contribution in [2.45, 2.75) is 18.6 Å². The molecule has 3 rings (SSSR count). The fraction of sp³-hybridized carbons (Fsp3) is 0.533. The summed E-state index contributed by atoms with van der Waals surface area (Å²) in [6, 6.07) is 4.68. The summed E-state index contributed by atoms with van der Waals surface area (Å²) >= 11 is 0. The Balaban J connectivity index is 1.78. The van der Waals surface area contributed by atoms with Gasteiger partial charge in [-0.1, -0.05) is 0 Å². The molecule has 1 amide bonds. The van der Waals surface area contributed by atoms with E-state index in [0.29, 0.717) is 32.1 Å². The van der Waals surface area contributed by atoms with E-state index in [1.165, 1.54) is 13.2 Å². The topological polar surface area (TPSA) is 68.2 Å². The number of benzene rings is 1. The van der Waals surface area contributed by atoms with Crippen molar-refractivity contribution in [3.05, 3.63) is 23.8 Å². The number of hydrogen-bond acceptors (Lipinski definition) is 5. The van der Waals surface area contributed by atoms with Crippen LogP contribution in [0.15, 0.2) is 18.2 Å². The van der Waals surface area contributed by atoms with E-state index in [1.54, 1.807) is 17.0 Å². The van der Waals surface area contributed by atoms with E-state index in [2.05, 4.69) is 0 Å². The fourth-order valence-electron chi connectivity index (χ4n) is 2.88. The van der Waals surface area contributed by atoms with Crippen LogP contribution in [0, 0.1) is 0 Å². The van der Waals surface area contributed by atoms with Gasteiger partial charge < -0.3 is 24.2 Å². The first kappa shape index (κ1) is 14.2. The minimum absolute atomic E-state index is 0.0766. The molecule has 114 valence electrons. The molecular formula is C15H19NO5. The largest absolute Gasteiger partial charge is 0.507 e. The van der Waals surface area contributed by atoms with Crippen LogP contribution in [-0.4, -0.2) is 55.1 Å². The molecular weight excluding hydrogens is 274 g/mol. The molecule has 6 heteroatoms. The molecule has 2 saturated heterocycles.